The maximum Gasteiger partial charge on any atom is 0.106 e. The number of hydrogen-bond donors (Lipinski definition) is 0. The first kappa shape index (κ1) is 10.2. The molecule has 1 unspecified atom stereocenters. The summed E-state index contributed by atoms with van der Waals surface area (Å²) in [5.41, 5.74) is 0.987. The van der Waals surface area contributed by atoms with Crippen molar-refractivity contribution in [2.45, 2.75) is 18.9 Å². The van der Waals surface area contributed by atoms with Crippen molar-refractivity contribution in [2.75, 3.05) is 12.0 Å². The van der Waals surface area contributed by atoms with E-state index in [1.165, 1.54) is 0 Å². The van der Waals surface area contributed by atoms with Gasteiger partial charge in [-0.25, -0.2) is 4.98 Å². The molecule has 0 aliphatic rings. The second-order valence-corrected chi connectivity index (χ2v) is 11.5. The zero-order chi connectivity index (χ0) is 9.19. The molecule has 68 valence electrons. The molecule has 0 aromatic carbocycles. The predicted molar refractivity (Wildman–Crippen MR) is 63.1 cm³/mol. The van der Waals surface area contributed by atoms with Gasteiger partial charge >= 0.3 is 0 Å². The van der Waals surface area contributed by atoms with Crippen molar-refractivity contribution in [1.29, 1.82) is 0 Å². The summed E-state index contributed by atoms with van der Waals surface area (Å²) in [6.45, 7) is 4.16. The fourth-order valence-electron chi connectivity index (χ4n) is 0.748. The molecule has 2 nitrogen and oxygen atoms in total. The van der Waals surface area contributed by atoms with E-state index in [1.54, 1.807) is 0 Å². The van der Waals surface area contributed by atoms with Crippen LogP contribution in [-0.2, 0) is 0 Å². The molecule has 0 saturated carbocycles. The lowest BCUT2D eigenvalue weighted by Gasteiger charge is -2.25. The number of hydrogen-bond acceptors (Lipinski definition) is 2. The van der Waals surface area contributed by atoms with Crippen LogP contribution in [0.25, 0.3) is 0 Å². The Hall–Kier alpha value is 0.160. The largest absolute Gasteiger partial charge is 0.257 e. The predicted octanol–water partition coefficient (Wildman–Crippen LogP) is 2.95. The Balaban J connectivity index is 2.96. The fraction of sp³-hybridized carbons (Fsp3) is 0.500. The van der Waals surface area contributed by atoms with Crippen LogP contribution >= 0.6 is 28.4 Å². The highest BCUT2D eigenvalue weighted by molar-refractivity contribution is 14.2. The smallest absolute Gasteiger partial charge is 0.106 e. The quantitative estimate of drug-likeness (QED) is 0.784. The number of nitrogens with zero attached hydrogens (tertiary/aromatic N) is 2. The van der Waals surface area contributed by atoms with Gasteiger partial charge in [0, 0.05) is 6.20 Å². The van der Waals surface area contributed by atoms with Gasteiger partial charge in [-0.15, -0.1) is 7.20 Å². The van der Waals surface area contributed by atoms with Crippen LogP contribution in [0.2, 0.25) is 0 Å². The highest BCUT2D eigenvalue weighted by Gasteiger charge is 2.15. The molecule has 1 heterocycles. The van der Waals surface area contributed by atoms with Crippen LogP contribution in [-0.4, -0.2) is 22.0 Å². The van der Waals surface area contributed by atoms with Gasteiger partial charge in [-0.2, -0.15) is 0 Å². The van der Waals surface area contributed by atoms with Crippen LogP contribution in [0.3, 0.4) is 0 Å². The van der Waals surface area contributed by atoms with Crippen molar-refractivity contribution < 1.29 is 0 Å². The third kappa shape index (κ3) is 2.32. The minimum absolute atomic E-state index is 0.719. The average Bonchev–Trinajstić information content (AvgIpc) is 2.05. The minimum Gasteiger partial charge on any atom is -0.257 e. The lowest BCUT2D eigenvalue weighted by molar-refractivity contribution is 1.01. The lowest BCUT2D eigenvalue weighted by atomic mass is 10.5. The Morgan fingerprint density at radius 1 is 1.42 bits per heavy atom. The Morgan fingerprint density at radius 2 is 2.08 bits per heavy atom. The molecule has 0 aliphatic carbocycles. The summed E-state index contributed by atoms with van der Waals surface area (Å²) < 4.78 is 0. The second-order valence-electron chi connectivity index (χ2n) is 2.76. The molecule has 12 heavy (non-hydrogen) atoms. The van der Waals surface area contributed by atoms with Gasteiger partial charge in [-0.3, -0.25) is 4.98 Å². The molecule has 0 saturated heterocycles. The van der Waals surface area contributed by atoms with E-state index in [4.69, 9.17) is 0 Å². The minimum atomic E-state index is -0.719. The molecule has 0 bridgehead atoms. The lowest BCUT2D eigenvalue weighted by Crippen LogP contribution is -1.97. The normalized spacial score (nSPS) is 18.3. The summed E-state index contributed by atoms with van der Waals surface area (Å²) in [5.74, 6) is 1.16. The summed E-state index contributed by atoms with van der Waals surface area (Å²) in [5, 5.41) is 1.15. The van der Waals surface area contributed by atoms with Crippen LogP contribution in [0.15, 0.2) is 17.4 Å². The van der Waals surface area contributed by atoms with E-state index in [2.05, 4.69) is 44.4 Å². The van der Waals surface area contributed by atoms with Gasteiger partial charge in [0.25, 0.3) is 0 Å². The molecular formula is C8H13IN2S. The monoisotopic (exact) mass is 296 g/mol. The molecule has 1 rings (SSSR count). The van der Waals surface area contributed by atoms with Crippen molar-refractivity contribution in [3.8, 4) is 0 Å². The van der Waals surface area contributed by atoms with Crippen molar-refractivity contribution in [3.63, 3.8) is 0 Å². The highest BCUT2D eigenvalue weighted by atomic mass is 127. The van der Waals surface area contributed by atoms with Crippen molar-refractivity contribution in [2.24, 2.45) is 0 Å². The molecule has 4 heteroatoms. The SMILES string of the molecule is CCS(C)(I)c1cnc(C)cn1. The van der Waals surface area contributed by atoms with E-state index in [-0.39, 0.29) is 0 Å². The number of aryl methyl sites for hydroxylation is 1. The topological polar surface area (TPSA) is 25.8 Å². The van der Waals surface area contributed by atoms with Gasteiger partial charge in [-0.1, -0.05) is 6.92 Å². The zero-order valence-corrected chi connectivity index (χ0v) is 10.5. The van der Waals surface area contributed by atoms with Crippen molar-refractivity contribution >= 4 is 28.4 Å². The second kappa shape index (κ2) is 3.91. The molecule has 0 radical (unpaired) electrons. The van der Waals surface area contributed by atoms with Crippen LogP contribution < -0.4 is 0 Å². The first-order valence-electron chi connectivity index (χ1n) is 3.80. The summed E-state index contributed by atoms with van der Waals surface area (Å²) in [4.78, 5) is 8.63. The summed E-state index contributed by atoms with van der Waals surface area (Å²) in [6.07, 6.45) is 6.00. The van der Waals surface area contributed by atoms with Gasteiger partial charge in [0.15, 0.2) is 0 Å². The average molecular weight is 296 g/mol. The van der Waals surface area contributed by atoms with Crippen molar-refractivity contribution in [1.82, 2.24) is 9.97 Å². The van der Waals surface area contributed by atoms with Gasteiger partial charge in [0.2, 0.25) is 0 Å². The molecule has 0 fully saturated rings. The Bertz CT molecular complexity index is 258. The molecule has 1 atom stereocenters. The first-order valence-corrected chi connectivity index (χ1v) is 8.56. The summed E-state index contributed by atoms with van der Waals surface area (Å²) >= 11 is 2.50. The van der Waals surface area contributed by atoms with Gasteiger partial charge in [0.1, 0.15) is 5.03 Å². The molecular weight excluding hydrogens is 283 g/mol. The Kier molecular flexibility index (Phi) is 3.34. The maximum absolute atomic E-state index is 4.39. The number of aromatic nitrogens is 2. The van der Waals surface area contributed by atoms with E-state index >= 15 is 0 Å². The van der Waals surface area contributed by atoms with Crippen molar-refractivity contribution in [3.05, 3.63) is 18.1 Å². The maximum atomic E-state index is 4.39. The zero-order valence-electron chi connectivity index (χ0n) is 7.54. The van der Waals surface area contributed by atoms with Gasteiger partial charge in [0.05, 0.1) is 11.9 Å². The van der Waals surface area contributed by atoms with Crippen LogP contribution in [0.5, 0.6) is 0 Å². The number of halogens is 1. The van der Waals surface area contributed by atoms with E-state index in [9.17, 15) is 0 Å². The number of rotatable bonds is 2. The van der Waals surface area contributed by atoms with Crippen LogP contribution in [0, 0.1) is 6.92 Å². The molecule has 0 spiro atoms. The third-order valence-corrected chi connectivity index (χ3v) is 7.12. The molecule has 0 N–H and O–H groups in total. The van der Waals surface area contributed by atoms with E-state index < -0.39 is 7.20 Å². The Morgan fingerprint density at radius 3 is 2.50 bits per heavy atom. The van der Waals surface area contributed by atoms with Crippen LogP contribution in [0.1, 0.15) is 12.6 Å². The van der Waals surface area contributed by atoms with Gasteiger partial charge in [-0.05, 0) is 40.1 Å². The summed E-state index contributed by atoms with van der Waals surface area (Å²) in [6, 6.07) is 0. The van der Waals surface area contributed by atoms with Crippen LogP contribution in [0.4, 0.5) is 0 Å². The fourth-order valence-corrected chi connectivity index (χ4v) is 2.27. The molecule has 0 amide bonds. The summed E-state index contributed by atoms with van der Waals surface area (Å²) in [7, 11) is -0.719. The molecule has 1 aromatic heterocycles. The molecule has 0 aliphatic heterocycles. The first-order chi connectivity index (χ1) is 5.56. The standard InChI is InChI=1S/C8H13IN2S/c1-4-12(3,9)8-6-10-7(2)5-11-8/h5-6H,4H2,1-3H3. The Labute approximate surface area is 87.1 Å². The van der Waals surface area contributed by atoms with E-state index in [1.807, 2.05) is 19.3 Å². The van der Waals surface area contributed by atoms with Gasteiger partial charge < -0.3 is 0 Å². The third-order valence-electron chi connectivity index (χ3n) is 1.74. The highest BCUT2D eigenvalue weighted by Crippen LogP contribution is 2.58. The van der Waals surface area contributed by atoms with E-state index in [0.717, 1.165) is 16.5 Å². The molecule has 1 aromatic rings. The van der Waals surface area contributed by atoms with E-state index in [0.29, 0.717) is 0 Å².